The van der Waals surface area contributed by atoms with Gasteiger partial charge in [0.15, 0.2) is 0 Å². The molecule has 1 N–H and O–H groups in total. The standard InChI is InChI=1S/C22H13BrF3N3O5/c23-17-6-4-13(5-7-17)20(30)28-27-12-15-11-18(29(32)33)8-9-19(15)34-21(31)14-2-1-3-16(10-14)22(24,25)26/h1-12H,(H,28,30)/b27-12+. The minimum atomic E-state index is -4.66. The molecule has 0 aliphatic carbocycles. The fraction of sp³-hybridized carbons (Fsp3) is 0.0455. The second-order valence-corrected chi connectivity index (χ2v) is 7.57. The monoisotopic (exact) mass is 535 g/mol. The van der Waals surface area contributed by atoms with Gasteiger partial charge in [-0.1, -0.05) is 22.0 Å². The molecular formula is C22H13BrF3N3O5. The van der Waals surface area contributed by atoms with Gasteiger partial charge in [-0.2, -0.15) is 18.3 Å². The van der Waals surface area contributed by atoms with Gasteiger partial charge in [-0.3, -0.25) is 14.9 Å². The smallest absolute Gasteiger partial charge is 0.416 e. The van der Waals surface area contributed by atoms with Crippen molar-refractivity contribution in [3.63, 3.8) is 0 Å². The first-order chi connectivity index (χ1) is 16.0. The van der Waals surface area contributed by atoms with Crippen LogP contribution in [0.4, 0.5) is 18.9 Å². The van der Waals surface area contributed by atoms with E-state index < -0.39 is 28.5 Å². The number of nitro benzene ring substituents is 1. The molecule has 0 aliphatic rings. The number of carbonyl (C=O) groups is 2. The van der Waals surface area contributed by atoms with Crippen molar-refractivity contribution in [2.24, 2.45) is 5.10 Å². The summed E-state index contributed by atoms with van der Waals surface area (Å²) in [5.74, 6) is -1.90. The molecule has 0 unspecified atom stereocenters. The quantitative estimate of drug-likeness (QED) is 0.150. The van der Waals surface area contributed by atoms with Crippen LogP contribution in [0.3, 0.4) is 0 Å². The molecular weight excluding hydrogens is 523 g/mol. The van der Waals surface area contributed by atoms with E-state index in [4.69, 9.17) is 4.74 Å². The van der Waals surface area contributed by atoms with Crippen LogP contribution in [0, 0.1) is 10.1 Å². The topological polar surface area (TPSA) is 111 Å². The van der Waals surface area contributed by atoms with Crippen LogP contribution in [0.5, 0.6) is 5.75 Å². The maximum Gasteiger partial charge on any atom is 0.416 e. The molecule has 0 heterocycles. The predicted molar refractivity (Wildman–Crippen MR) is 119 cm³/mol. The van der Waals surface area contributed by atoms with E-state index >= 15 is 0 Å². The van der Waals surface area contributed by atoms with Gasteiger partial charge in [0.25, 0.3) is 11.6 Å². The summed E-state index contributed by atoms with van der Waals surface area (Å²) >= 11 is 3.24. The SMILES string of the molecule is O=C(N/N=C/c1cc([N+](=O)[O-])ccc1OC(=O)c1cccc(C(F)(F)F)c1)c1ccc(Br)cc1. The number of alkyl halides is 3. The maximum absolute atomic E-state index is 12.9. The van der Waals surface area contributed by atoms with Crippen LogP contribution >= 0.6 is 15.9 Å². The summed E-state index contributed by atoms with van der Waals surface area (Å²) in [6.07, 6.45) is -3.65. The molecule has 12 heteroatoms. The van der Waals surface area contributed by atoms with Crippen LogP contribution in [0.25, 0.3) is 0 Å². The highest BCUT2D eigenvalue weighted by Gasteiger charge is 2.31. The summed E-state index contributed by atoms with van der Waals surface area (Å²) < 4.78 is 44.7. The molecule has 1 amide bonds. The van der Waals surface area contributed by atoms with Gasteiger partial charge < -0.3 is 4.74 Å². The Morgan fingerprint density at radius 2 is 1.74 bits per heavy atom. The van der Waals surface area contributed by atoms with Gasteiger partial charge in [0.05, 0.1) is 22.3 Å². The molecule has 174 valence electrons. The summed E-state index contributed by atoms with van der Waals surface area (Å²) in [5.41, 5.74) is 0.679. The molecule has 0 aliphatic heterocycles. The Kier molecular flexibility index (Phi) is 7.41. The molecule has 0 bridgehead atoms. The second-order valence-electron chi connectivity index (χ2n) is 6.65. The zero-order valence-corrected chi connectivity index (χ0v) is 18.5. The lowest BCUT2D eigenvalue weighted by molar-refractivity contribution is -0.384. The van der Waals surface area contributed by atoms with Gasteiger partial charge in [0.2, 0.25) is 0 Å². The first-order valence-electron chi connectivity index (χ1n) is 9.31. The van der Waals surface area contributed by atoms with Crippen LogP contribution in [0.15, 0.2) is 76.3 Å². The Morgan fingerprint density at radius 1 is 1.03 bits per heavy atom. The zero-order chi connectivity index (χ0) is 24.9. The van der Waals surface area contributed by atoms with Crippen molar-refractivity contribution < 1.29 is 32.4 Å². The number of non-ortho nitro benzene ring substituents is 1. The Morgan fingerprint density at radius 3 is 2.38 bits per heavy atom. The van der Waals surface area contributed by atoms with Gasteiger partial charge in [-0.05, 0) is 48.5 Å². The molecule has 0 spiro atoms. The van der Waals surface area contributed by atoms with Gasteiger partial charge >= 0.3 is 12.1 Å². The minimum absolute atomic E-state index is 0.0642. The summed E-state index contributed by atoms with van der Waals surface area (Å²) in [4.78, 5) is 35.0. The van der Waals surface area contributed by atoms with Crippen LogP contribution in [0.1, 0.15) is 31.8 Å². The van der Waals surface area contributed by atoms with Crippen molar-refractivity contribution >= 4 is 39.7 Å². The first kappa shape index (κ1) is 24.6. The Balaban J connectivity index is 1.83. The van der Waals surface area contributed by atoms with Crippen molar-refractivity contribution in [2.75, 3.05) is 0 Å². The van der Waals surface area contributed by atoms with Crippen molar-refractivity contribution in [1.29, 1.82) is 0 Å². The summed E-state index contributed by atoms with van der Waals surface area (Å²) in [5, 5.41) is 14.8. The highest BCUT2D eigenvalue weighted by molar-refractivity contribution is 9.10. The number of amides is 1. The number of carbonyl (C=O) groups excluding carboxylic acids is 2. The van der Waals surface area contributed by atoms with E-state index in [1.165, 1.54) is 12.1 Å². The van der Waals surface area contributed by atoms with Crippen LogP contribution < -0.4 is 10.2 Å². The lowest BCUT2D eigenvalue weighted by Gasteiger charge is -2.10. The lowest BCUT2D eigenvalue weighted by Crippen LogP contribution is -2.17. The van der Waals surface area contributed by atoms with Gasteiger partial charge in [0, 0.05) is 27.7 Å². The Bertz CT molecular complexity index is 1280. The number of hydrogen-bond acceptors (Lipinski definition) is 6. The van der Waals surface area contributed by atoms with Crippen molar-refractivity contribution in [2.45, 2.75) is 6.18 Å². The van der Waals surface area contributed by atoms with Crippen molar-refractivity contribution in [1.82, 2.24) is 5.43 Å². The largest absolute Gasteiger partial charge is 0.422 e. The number of hydrogen-bond donors (Lipinski definition) is 1. The average molecular weight is 536 g/mol. The van der Waals surface area contributed by atoms with Crippen molar-refractivity contribution in [3.8, 4) is 5.75 Å². The minimum Gasteiger partial charge on any atom is -0.422 e. The third-order valence-electron chi connectivity index (χ3n) is 4.31. The summed E-state index contributed by atoms with van der Waals surface area (Å²) in [7, 11) is 0. The third-order valence-corrected chi connectivity index (χ3v) is 4.84. The maximum atomic E-state index is 12.9. The lowest BCUT2D eigenvalue weighted by atomic mass is 10.1. The average Bonchev–Trinajstić information content (AvgIpc) is 2.79. The molecule has 3 aromatic carbocycles. The highest BCUT2D eigenvalue weighted by Crippen LogP contribution is 2.30. The number of hydrazone groups is 1. The number of nitrogens with one attached hydrogen (secondary N) is 1. The number of rotatable bonds is 6. The summed E-state index contributed by atoms with van der Waals surface area (Å²) in [6, 6.07) is 13.1. The number of halogens is 4. The molecule has 0 radical (unpaired) electrons. The molecule has 0 saturated heterocycles. The van der Waals surface area contributed by atoms with Crippen LogP contribution in [-0.4, -0.2) is 23.0 Å². The third kappa shape index (κ3) is 6.25. The van der Waals surface area contributed by atoms with E-state index in [0.29, 0.717) is 6.07 Å². The normalized spacial score (nSPS) is 11.3. The number of esters is 1. The zero-order valence-electron chi connectivity index (χ0n) is 16.9. The fourth-order valence-electron chi connectivity index (χ4n) is 2.65. The predicted octanol–water partition coefficient (Wildman–Crippen LogP) is 5.36. The van der Waals surface area contributed by atoms with E-state index in [9.17, 15) is 32.9 Å². The molecule has 0 fully saturated rings. The molecule has 0 saturated carbocycles. The number of nitrogens with zero attached hydrogens (tertiary/aromatic N) is 2. The van der Waals surface area contributed by atoms with E-state index in [1.807, 2.05) is 0 Å². The number of benzene rings is 3. The molecule has 0 aromatic heterocycles. The van der Waals surface area contributed by atoms with Gasteiger partial charge in [0.1, 0.15) is 5.75 Å². The highest BCUT2D eigenvalue weighted by atomic mass is 79.9. The van der Waals surface area contributed by atoms with Crippen molar-refractivity contribution in [3.05, 3.63) is 104 Å². The van der Waals surface area contributed by atoms with E-state index in [1.54, 1.807) is 12.1 Å². The molecule has 3 aromatic rings. The molecule has 0 atom stereocenters. The molecule has 8 nitrogen and oxygen atoms in total. The second kappa shape index (κ2) is 10.3. The van der Waals surface area contributed by atoms with E-state index in [0.717, 1.165) is 47.1 Å². The van der Waals surface area contributed by atoms with E-state index in [-0.39, 0.29) is 28.1 Å². The Labute approximate surface area is 198 Å². The van der Waals surface area contributed by atoms with Crippen LogP contribution in [-0.2, 0) is 6.18 Å². The Hall–Kier alpha value is -4.06. The molecule has 3 rings (SSSR count). The summed E-state index contributed by atoms with van der Waals surface area (Å²) in [6.45, 7) is 0. The van der Waals surface area contributed by atoms with Gasteiger partial charge in [-0.25, -0.2) is 10.2 Å². The molecule has 34 heavy (non-hydrogen) atoms. The number of nitro groups is 1. The fourth-order valence-corrected chi connectivity index (χ4v) is 2.92. The van der Waals surface area contributed by atoms with E-state index in [2.05, 4.69) is 26.5 Å². The first-order valence-corrected chi connectivity index (χ1v) is 10.1. The van der Waals surface area contributed by atoms with Crippen LogP contribution in [0.2, 0.25) is 0 Å². The van der Waals surface area contributed by atoms with Gasteiger partial charge in [-0.15, -0.1) is 0 Å². The number of ether oxygens (including phenoxy) is 1.